The second-order valence-corrected chi connectivity index (χ2v) is 22.6. The summed E-state index contributed by atoms with van der Waals surface area (Å²) in [5.41, 5.74) is 5.04. The number of hydrogen-bond acceptors (Lipinski definition) is 9. The van der Waals surface area contributed by atoms with Crippen molar-refractivity contribution in [2.24, 2.45) is 10.8 Å². The van der Waals surface area contributed by atoms with E-state index in [4.69, 9.17) is 0 Å². The second kappa shape index (κ2) is 22.8. The topological polar surface area (TPSA) is 222 Å². The summed E-state index contributed by atoms with van der Waals surface area (Å²) in [6, 6.07) is 15.0. The van der Waals surface area contributed by atoms with Crippen LogP contribution in [0.2, 0.25) is 0 Å². The summed E-state index contributed by atoms with van der Waals surface area (Å²) in [5, 5.41) is 24.2. The van der Waals surface area contributed by atoms with Crippen molar-refractivity contribution in [2.45, 2.75) is 168 Å². The number of urea groups is 1. The van der Waals surface area contributed by atoms with E-state index < -0.39 is 71.0 Å². The van der Waals surface area contributed by atoms with Gasteiger partial charge in [0.05, 0.1) is 30.2 Å². The molecular weight excluding hydrogens is 925 g/mol. The number of nitrogens with zero attached hydrogens (tertiary/aromatic N) is 2. The number of benzene rings is 3. The second-order valence-electron chi connectivity index (χ2n) is 22.6. The Hall–Kier alpha value is -6.33. The van der Waals surface area contributed by atoms with Crippen LogP contribution in [0.15, 0.2) is 66.7 Å². The number of rotatable bonds is 14. The lowest BCUT2D eigenvalue weighted by Gasteiger charge is -2.42. The zero-order valence-corrected chi connectivity index (χ0v) is 44.4. The van der Waals surface area contributed by atoms with Gasteiger partial charge in [-0.15, -0.1) is 0 Å². The van der Waals surface area contributed by atoms with Crippen LogP contribution in [0, 0.1) is 10.8 Å². The lowest BCUT2D eigenvalue weighted by molar-refractivity contribution is -0.147. The van der Waals surface area contributed by atoms with Crippen LogP contribution in [0.25, 0.3) is 0 Å². The Kier molecular flexibility index (Phi) is 17.0. The number of hydrogen-bond donors (Lipinski definition) is 8. The fraction of sp³-hybridized carbons (Fsp3) is 0.554. The fourth-order valence-electron chi connectivity index (χ4n) is 10.7. The number of anilines is 1. The number of carbonyl (C=O) groups excluding carboxylic acids is 7. The molecule has 0 spiro atoms. The van der Waals surface area contributed by atoms with E-state index in [-0.39, 0.29) is 61.6 Å². The number of likely N-dealkylation sites (N-methyl/N-ethyl adjacent to an activating group) is 2. The predicted octanol–water partition coefficient (Wildman–Crippen LogP) is 4.70. The number of aryl methyl sites for hydroxylation is 2. The van der Waals surface area contributed by atoms with E-state index in [2.05, 4.69) is 54.7 Å². The Morgan fingerprint density at radius 1 is 0.589 bits per heavy atom. The Bertz CT molecular complexity index is 2550. The number of carbonyl (C=O) groups is 7. The molecule has 0 radical (unpaired) electrons. The molecule has 5 unspecified atom stereocenters. The third-order valence-corrected chi connectivity index (χ3v) is 15.2. The van der Waals surface area contributed by atoms with E-state index in [1.807, 2.05) is 84.0 Å². The van der Waals surface area contributed by atoms with Crippen molar-refractivity contribution in [1.29, 1.82) is 0 Å². The van der Waals surface area contributed by atoms with E-state index >= 15 is 0 Å². The summed E-state index contributed by atoms with van der Waals surface area (Å²) in [4.78, 5) is 102. The highest BCUT2D eigenvalue weighted by Crippen LogP contribution is 2.35. The molecule has 2 aliphatic heterocycles. The van der Waals surface area contributed by atoms with Gasteiger partial charge in [0.1, 0.15) is 24.2 Å². The van der Waals surface area contributed by atoms with Crippen molar-refractivity contribution < 1.29 is 33.6 Å². The quantitative estimate of drug-likeness (QED) is 0.112. The molecule has 8 amide bonds. The van der Waals surface area contributed by atoms with E-state index in [0.29, 0.717) is 5.69 Å². The van der Waals surface area contributed by atoms with Crippen LogP contribution in [-0.4, -0.2) is 114 Å². The van der Waals surface area contributed by atoms with Gasteiger partial charge in [-0.25, -0.2) is 4.79 Å². The smallest absolute Gasteiger partial charge is 0.319 e. The van der Waals surface area contributed by atoms with Gasteiger partial charge in [-0.1, -0.05) is 96.1 Å². The average Bonchev–Trinajstić information content (AvgIpc) is 3.78. The van der Waals surface area contributed by atoms with Gasteiger partial charge in [0, 0.05) is 25.2 Å². The highest BCUT2D eigenvalue weighted by molar-refractivity contribution is 5.96. The first-order valence-electron chi connectivity index (χ1n) is 26.1. The summed E-state index contributed by atoms with van der Waals surface area (Å²) in [6.07, 6.45) is 5.51. The summed E-state index contributed by atoms with van der Waals surface area (Å²) in [7, 11) is 3.33. The van der Waals surface area contributed by atoms with Crippen molar-refractivity contribution >= 4 is 47.2 Å². The molecule has 3 aromatic rings. The van der Waals surface area contributed by atoms with Crippen LogP contribution in [-0.2, 0) is 54.6 Å². The number of amides is 8. The lowest BCUT2D eigenvalue weighted by atomic mass is 9.83. The Labute approximate surface area is 430 Å². The van der Waals surface area contributed by atoms with E-state index in [0.717, 1.165) is 60.8 Å². The summed E-state index contributed by atoms with van der Waals surface area (Å²) < 4.78 is 0. The molecule has 73 heavy (non-hydrogen) atoms. The van der Waals surface area contributed by atoms with Gasteiger partial charge >= 0.3 is 6.03 Å². The molecular formula is C56H78N10O7. The molecule has 1 saturated heterocycles. The number of nitrogens with one attached hydrogen (secondary N) is 8. The minimum absolute atomic E-state index is 0.0192. The summed E-state index contributed by atoms with van der Waals surface area (Å²) >= 11 is 0. The Morgan fingerprint density at radius 3 is 1.59 bits per heavy atom. The van der Waals surface area contributed by atoms with E-state index in [1.165, 1.54) is 16.0 Å². The van der Waals surface area contributed by atoms with Crippen molar-refractivity contribution in [3.05, 3.63) is 100 Å². The van der Waals surface area contributed by atoms with Crippen LogP contribution in [0.5, 0.6) is 0 Å². The SMILES string of the molecule is CNC(C)C(=O)NC(C(=O)N1Cc2cc(NC(=O)N[C@H]3C[C@@H](C(=O)N[C@@H]4CCCc5ccccc54)N(C(=O)C(NC(=O)C(C)NC)C(C)(C)C)C3)ccc2CC1C(=O)N[C@@H]1CCCc2ccccc21)C(C)(C)C. The highest BCUT2D eigenvalue weighted by atomic mass is 16.2. The zero-order valence-electron chi connectivity index (χ0n) is 44.4. The molecule has 2 aliphatic carbocycles. The molecule has 4 aliphatic rings. The minimum Gasteiger partial charge on any atom is -0.347 e. The van der Waals surface area contributed by atoms with Crippen LogP contribution in [0.3, 0.4) is 0 Å². The van der Waals surface area contributed by atoms with E-state index in [9.17, 15) is 33.6 Å². The first kappa shape index (κ1) is 54.4. The van der Waals surface area contributed by atoms with E-state index in [1.54, 1.807) is 45.0 Å². The van der Waals surface area contributed by atoms with Gasteiger partial charge in [0.15, 0.2) is 0 Å². The van der Waals surface area contributed by atoms with Gasteiger partial charge < -0.3 is 52.3 Å². The Balaban J connectivity index is 1.12. The Morgan fingerprint density at radius 2 is 1.08 bits per heavy atom. The van der Waals surface area contributed by atoms with Gasteiger partial charge in [0.2, 0.25) is 35.4 Å². The average molecular weight is 1000 g/mol. The third-order valence-electron chi connectivity index (χ3n) is 15.2. The zero-order chi connectivity index (χ0) is 52.9. The van der Waals surface area contributed by atoms with Crippen LogP contribution < -0.4 is 42.5 Å². The molecule has 2 heterocycles. The molecule has 0 aromatic heterocycles. The van der Waals surface area contributed by atoms with Gasteiger partial charge in [-0.2, -0.15) is 0 Å². The molecule has 9 atom stereocenters. The maximum absolute atomic E-state index is 14.9. The number of likely N-dealkylation sites (tertiary alicyclic amines) is 1. The predicted molar refractivity (Wildman–Crippen MR) is 281 cm³/mol. The lowest BCUT2D eigenvalue weighted by Crippen LogP contribution is -2.62. The van der Waals surface area contributed by atoms with Crippen molar-refractivity contribution in [3.63, 3.8) is 0 Å². The monoisotopic (exact) mass is 1000 g/mol. The standard InChI is InChI=1S/C56H78N10O7/c1-32(57-9)48(67)63-46(55(3,4)5)52(71)65-30-37-27-38(26-25-36(37)28-44(65)50(69)61-42-23-15-19-34-17-11-13-21-40(34)42)59-54(73)60-39-29-45(51(70)62-43-24-16-20-35-18-12-14-22-41(35)43)66(31-39)53(72)47(56(6,7)8)64-49(68)33(2)58-10/h11-14,17-18,21-22,25-27,32-33,39,42-47,57-58H,15-16,19-20,23-24,28-31H2,1-10H3,(H,61,69)(H,62,70)(H,63,67)(H,64,68)(H2,59,60,73)/t32?,33?,39-,42+,43+,44?,45-,46?,47?/m0/s1. The van der Waals surface area contributed by atoms with Crippen LogP contribution in [0.4, 0.5) is 10.5 Å². The maximum atomic E-state index is 14.9. The van der Waals surface area contributed by atoms with Gasteiger partial charge in [-0.05, 0) is 129 Å². The van der Waals surface area contributed by atoms with Crippen LogP contribution >= 0.6 is 0 Å². The minimum atomic E-state index is -0.975. The van der Waals surface area contributed by atoms with Crippen LogP contribution in [0.1, 0.15) is 133 Å². The number of fused-ring (bicyclic) bond motifs is 3. The molecule has 3 aromatic carbocycles. The van der Waals surface area contributed by atoms with Crippen molar-refractivity contribution in [3.8, 4) is 0 Å². The first-order valence-corrected chi connectivity index (χ1v) is 26.1. The highest BCUT2D eigenvalue weighted by Gasteiger charge is 2.47. The maximum Gasteiger partial charge on any atom is 0.319 e. The van der Waals surface area contributed by atoms with Crippen molar-refractivity contribution in [1.82, 2.24) is 47.0 Å². The molecule has 0 saturated carbocycles. The normalized spacial score (nSPS) is 22.2. The largest absolute Gasteiger partial charge is 0.347 e. The molecule has 17 nitrogen and oxygen atoms in total. The van der Waals surface area contributed by atoms with Crippen molar-refractivity contribution in [2.75, 3.05) is 26.0 Å². The molecule has 0 bridgehead atoms. The van der Waals surface area contributed by atoms with Gasteiger partial charge in [-0.3, -0.25) is 28.8 Å². The first-order chi connectivity index (χ1) is 34.6. The van der Waals surface area contributed by atoms with Gasteiger partial charge in [0.25, 0.3) is 0 Å². The molecule has 17 heteroatoms. The molecule has 7 rings (SSSR count). The summed E-state index contributed by atoms with van der Waals surface area (Å²) in [6.45, 7) is 14.7. The third kappa shape index (κ3) is 12.7. The molecule has 8 N–H and O–H groups in total. The fourth-order valence-corrected chi connectivity index (χ4v) is 10.7. The summed E-state index contributed by atoms with van der Waals surface area (Å²) in [5.74, 6) is -2.14. The molecule has 1 fully saturated rings. The molecule has 394 valence electrons.